The molecule has 0 heterocycles. The fourth-order valence-corrected chi connectivity index (χ4v) is 2.25. The van der Waals surface area contributed by atoms with Gasteiger partial charge in [0, 0.05) is 25.9 Å². The van der Waals surface area contributed by atoms with Crippen molar-refractivity contribution in [1.82, 2.24) is 0 Å². The molecule has 0 aromatic carbocycles. The minimum absolute atomic E-state index is 0.0625. The van der Waals surface area contributed by atoms with Crippen molar-refractivity contribution in [3.63, 3.8) is 0 Å². The maximum atomic E-state index is 11.4. The van der Waals surface area contributed by atoms with Crippen molar-refractivity contribution in [2.75, 3.05) is 20.4 Å². The number of Topliss-reactive ketones (excluding diaryl/α,β-unsaturated/α-hetero) is 1. The van der Waals surface area contributed by atoms with Gasteiger partial charge in [-0.2, -0.15) is 0 Å². The summed E-state index contributed by atoms with van der Waals surface area (Å²) in [5.74, 6) is 42.0. The number of hydrogen-bond acceptors (Lipinski definition) is 4. The number of methoxy groups -OCH3 is 1. The molecule has 0 aliphatic heterocycles. The third-order valence-electron chi connectivity index (χ3n) is 3.55. The molecule has 0 saturated heterocycles. The van der Waals surface area contributed by atoms with Gasteiger partial charge in [-0.3, -0.25) is 11.5 Å². The lowest BCUT2D eigenvalue weighted by atomic mass is 9.97. The second-order valence-corrected chi connectivity index (χ2v) is 8.66. The van der Waals surface area contributed by atoms with Gasteiger partial charge in [0.25, 0.3) is 0 Å². The van der Waals surface area contributed by atoms with E-state index in [1.54, 1.807) is 14.0 Å². The number of carbonyl (C=O) groups is 1. The van der Waals surface area contributed by atoms with Crippen LogP contribution in [0, 0.1) is 120 Å². The van der Waals surface area contributed by atoms with Crippen molar-refractivity contribution in [3.8, 4) is 107 Å². The fraction of sp³-hybridized carbons (Fsp3) is 0.333. The number of ketones is 1. The first-order valence-corrected chi connectivity index (χ1v) is 12.5. The Hall–Kier alpha value is -4.14. The van der Waals surface area contributed by atoms with Crippen LogP contribution < -0.4 is 0 Å². The molecule has 176 valence electrons. The van der Waals surface area contributed by atoms with Gasteiger partial charge in [0.05, 0.1) is 20.1 Å². The lowest BCUT2D eigenvalue weighted by Crippen LogP contribution is -2.26. The molecule has 0 aromatic heterocycles. The molecule has 0 N–H and O–H groups in total. The van der Waals surface area contributed by atoms with Gasteiger partial charge in [-0.1, -0.05) is 12.8 Å². The summed E-state index contributed by atoms with van der Waals surface area (Å²) in [5.41, 5.74) is 0. The second-order valence-electron chi connectivity index (χ2n) is 6.38. The first kappa shape index (κ1) is 33.0. The minimum atomic E-state index is -2.74. The molecule has 0 saturated carbocycles. The molecule has 0 bridgehead atoms. The van der Waals surface area contributed by atoms with Crippen molar-refractivity contribution < 1.29 is 18.6 Å². The zero-order valence-corrected chi connectivity index (χ0v) is 21.5. The Balaban J connectivity index is 0. The highest BCUT2D eigenvalue weighted by molar-refractivity contribution is 7.59. The van der Waals surface area contributed by atoms with Crippen LogP contribution in [0.3, 0.4) is 0 Å². The van der Waals surface area contributed by atoms with Crippen LogP contribution in [0.25, 0.3) is 0 Å². The molecule has 0 radical (unpaired) electrons. The van der Waals surface area contributed by atoms with Crippen molar-refractivity contribution in [2.45, 2.75) is 39.7 Å². The first-order valence-electron chi connectivity index (χ1n) is 10.2. The number of hydrogen-bond donors (Lipinski definition) is 0. The Morgan fingerprint density at radius 3 is 1.60 bits per heavy atom. The Labute approximate surface area is 211 Å². The van der Waals surface area contributed by atoms with E-state index in [-0.39, 0.29) is 24.4 Å². The monoisotopic (exact) mass is 481 g/mol. The van der Waals surface area contributed by atoms with Crippen molar-refractivity contribution >= 4 is 13.2 Å². The lowest BCUT2D eigenvalue weighted by Gasteiger charge is -2.25. The molecular weight excluding hydrogens is 455 g/mol. The molecule has 4 nitrogen and oxygen atoms in total. The SMILES string of the molecule is C#CC#CC#CC#CC#CC#CC#CC#CC#CC.[CH2-][P@@](C)(=O)OC[C@@H](CC(=O)CC)[C@@H](C)OC. The van der Waals surface area contributed by atoms with Gasteiger partial charge >= 0.3 is 0 Å². The molecule has 0 aliphatic carbocycles. The van der Waals surface area contributed by atoms with E-state index in [0.717, 1.165) is 0 Å². The maximum Gasteiger partial charge on any atom is 0.133 e. The molecule has 0 rings (SSSR count). The lowest BCUT2D eigenvalue weighted by molar-refractivity contribution is -0.121. The number of ether oxygens (including phenoxy) is 1. The minimum Gasteiger partial charge on any atom is -0.381 e. The summed E-state index contributed by atoms with van der Waals surface area (Å²) in [5, 5.41) is 0. The van der Waals surface area contributed by atoms with E-state index in [2.05, 4.69) is 107 Å². The second kappa shape index (κ2) is 23.0. The van der Waals surface area contributed by atoms with E-state index in [9.17, 15) is 9.36 Å². The largest absolute Gasteiger partial charge is 0.381 e. The summed E-state index contributed by atoms with van der Waals surface area (Å²) in [6.07, 6.45) is 5.69. The van der Waals surface area contributed by atoms with Crippen LogP contribution in [0.5, 0.6) is 0 Å². The summed E-state index contributed by atoms with van der Waals surface area (Å²) in [6, 6.07) is 0. The van der Waals surface area contributed by atoms with Crippen molar-refractivity contribution in [1.29, 1.82) is 0 Å². The van der Waals surface area contributed by atoms with Gasteiger partial charge in [0.1, 0.15) is 5.78 Å². The molecule has 0 amide bonds. The molecule has 35 heavy (non-hydrogen) atoms. The Kier molecular flexibility index (Phi) is 21.7. The van der Waals surface area contributed by atoms with E-state index in [1.165, 1.54) is 6.66 Å². The third-order valence-corrected chi connectivity index (χ3v) is 4.25. The van der Waals surface area contributed by atoms with E-state index < -0.39 is 7.37 Å². The maximum absolute atomic E-state index is 11.4. The zero-order valence-electron chi connectivity index (χ0n) is 20.6. The normalized spacial score (nSPS) is 10.7. The molecular formula is C30H26O4P-. The van der Waals surface area contributed by atoms with Gasteiger partial charge in [0.15, 0.2) is 0 Å². The Bertz CT molecular complexity index is 1290. The average molecular weight is 482 g/mol. The van der Waals surface area contributed by atoms with Crippen LogP contribution in [0.15, 0.2) is 0 Å². The molecule has 0 fully saturated rings. The quantitative estimate of drug-likeness (QED) is 0.303. The molecule has 3 atom stereocenters. The molecule has 0 aromatic rings. The summed E-state index contributed by atoms with van der Waals surface area (Å²) in [6.45, 7) is 10.5. The molecule has 5 heteroatoms. The van der Waals surface area contributed by atoms with Crippen LogP contribution in [0.2, 0.25) is 0 Å². The van der Waals surface area contributed by atoms with Crippen molar-refractivity contribution in [3.05, 3.63) is 6.66 Å². The van der Waals surface area contributed by atoms with Gasteiger partial charge in [-0.25, -0.2) is 0 Å². The Morgan fingerprint density at radius 1 is 0.886 bits per heavy atom. The number of carbonyl (C=O) groups excluding carboxylic acids is 1. The average Bonchev–Trinajstić information content (AvgIpc) is 2.83. The van der Waals surface area contributed by atoms with Crippen LogP contribution >= 0.6 is 7.37 Å². The third kappa shape index (κ3) is 26.0. The van der Waals surface area contributed by atoms with Crippen LogP contribution in [-0.2, 0) is 18.6 Å². The first-order chi connectivity index (χ1) is 16.7. The number of rotatable bonds is 8. The van der Waals surface area contributed by atoms with Crippen LogP contribution in [0.1, 0.15) is 33.6 Å². The van der Waals surface area contributed by atoms with Crippen molar-refractivity contribution in [2.24, 2.45) is 5.92 Å². The van der Waals surface area contributed by atoms with Crippen LogP contribution in [-0.4, -0.2) is 32.3 Å². The predicted octanol–water partition coefficient (Wildman–Crippen LogP) is 3.39. The smallest absolute Gasteiger partial charge is 0.133 e. The predicted molar refractivity (Wildman–Crippen MR) is 141 cm³/mol. The molecule has 0 unspecified atom stereocenters. The van der Waals surface area contributed by atoms with E-state index >= 15 is 0 Å². The summed E-state index contributed by atoms with van der Waals surface area (Å²) in [4.78, 5) is 11.4. The van der Waals surface area contributed by atoms with Gasteiger partial charge in [0.2, 0.25) is 0 Å². The fourth-order valence-electron chi connectivity index (χ4n) is 1.75. The topological polar surface area (TPSA) is 52.6 Å². The van der Waals surface area contributed by atoms with Gasteiger partial charge in [-0.15, -0.1) is 6.42 Å². The Morgan fingerprint density at radius 2 is 1.29 bits per heavy atom. The van der Waals surface area contributed by atoms with Crippen LogP contribution in [0.4, 0.5) is 0 Å². The van der Waals surface area contributed by atoms with E-state index in [0.29, 0.717) is 12.8 Å². The summed E-state index contributed by atoms with van der Waals surface area (Å²) < 4.78 is 21.7. The standard InChI is InChI=1S/C19H4.C11H22O4P/c1-3-5-7-9-11-13-15-17-19-18-16-14-12-10-8-6-4-2;1-6-11(12)7-10(9(2)14-3)8-15-16(4,5)13/h1H,2H3;9-10H,4,6-8H2,1-3,5H3/q;-1/t;9-,10-,16-/m.1/s1. The highest BCUT2D eigenvalue weighted by Gasteiger charge is 2.21. The molecule has 0 spiro atoms. The number of terminal acetylenes is 1. The summed E-state index contributed by atoms with van der Waals surface area (Å²) in [7, 11) is -1.15. The molecule has 0 aliphatic rings. The van der Waals surface area contributed by atoms with E-state index in [4.69, 9.17) is 15.7 Å². The highest BCUT2D eigenvalue weighted by atomic mass is 31.2. The summed E-state index contributed by atoms with van der Waals surface area (Å²) >= 11 is 0. The van der Waals surface area contributed by atoms with Gasteiger partial charge < -0.3 is 13.8 Å². The van der Waals surface area contributed by atoms with Gasteiger partial charge in [-0.05, 0) is 115 Å². The van der Waals surface area contributed by atoms with E-state index in [1.807, 2.05) is 13.8 Å². The highest BCUT2D eigenvalue weighted by Crippen LogP contribution is 2.40. The zero-order chi connectivity index (χ0) is 26.8.